The van der Waals surface area contributed by atoms with E-state index >= 15 is 0 Å². The SMILES string of the molecule is Cc1cccc(N2C(=O)/C(=C\c3cccc([N+](=O)[O-])c3)SC2=S)c1. The highest BCUT2D eigenvalue weighted by molar-refractivity contribution is 8.27. The minimum absolute atomic E-state index is 0.0158. The number of aryl methyl sites for hydroxylation is 1. The van der Waals surface area contributed by atoms with Crippen LogP contribution in [0.4, 0.5) is 11.4 Å². The summed E-state index contributed by atoms with van der Waals surface area (Å²) in [7, 11) is 0. The van der Waals surface area contributed by atoms with Gasteiger partial charge in [0.2, 0.25) is 0 Å². The van der Waals surface area contributed by atoms with Gasteiger partial charge in [0, 0.05) is 12.1 Å². The Morgan fingerprint density at radius 3 is 2.67 bits per heavy atom. The topological polar surface area (TPSA) is 63.5 Å². The van der Waals surface area contributed by atoms with E-state index in [1.165, 1.54) is 28.8 Å². The summed E-state index contributed by atoms with van der Waals surface area (Å²) in [4.78, 5) is 25.0. The summed E-state index contributed by atoms with van der Waals surface area (Å²) in [6, 6.07) is 13.7. The normalized spacial score (nSPS) is 16.0. The molecule has 1 saturated heterocycles. The molecule has 5 nitrogen and oxygen atoms in total. The number of carbonyl (C=O) groups is 1. The van der Waals surface area contributed by atoms with Gasteiger partial charge >= 0.3 is 0 Å². The lowest BCUT2D eigenvalue weighted by molar-refractivity contribution is -0.384. The number of rotatable bonds is 3. The minimum atomic E-state index is -0.463. The molecular weight excluding hydrogens is 344 g/mol. The highest BCUT2D eigenvalue weighted by Gasteiger charge is 2.33. The molecule has 0 saturated carbocycles. The predicted octanol–water partition coefficient (Wildman–Crippen LogP) is 4.31. The van der Waals surface area contributed by atoms with Crippen LogP contribution in [0.25, 0.3) is 6.08 Å². The highest BCUT2D eigenvalue weighted by atomic mass is 32.2. The largest absolute Gasteiger partial charge is 0.270 e. The zero-order chi connectivity index (χ0) is 17.3. The Morgan fingerprint density at radius 2 is 1.96 bits per heavy atom. The van der Waals surface area contributed by atoms with Gasteiger partial charge < -0.3 is 0 Å². The van der Waals surface area contributed by atoms with E-state index in [1.807, 2.05) is 31.2 Å². The van der Waals surface area contributed by atoms with Crippen molar-refractivity contribution in [3.05, 3.63) is 74.7 Å². The Hall–Kier alpha value is -2.51. The van der Waals surface area contributed by atoms with Gasteiger partial charge in [-0.1, -0.05) is 48.2 Å². The first kappa shape index (κ1) is 16.4. The molecule has 0 spiro atoms. The summed E-state index contributed by atoms with van der Waals surface area (Å²) < 4.78 is 0.447. The van der Waals surface area contributed by atoms with E-state index in [0.717, 1.165) is 11.3 Å². The van der Waals surface area contributed by atoms with Gasteiger partial charge in [0.15, 0.2) is 4.32 Å². The van der Waals surface area contributed by atoms with Gasteiger partial charge in [-0.3, -0.25) is 19.8 Å². The number of anilines is 1. The van der Waals surface area contributed by atoms with E-state index in [-0.39, 0.29) is 11.6 Å². The van der Waals surface area contributed by atoms with E-state index in [4.69, 9.17) is 12.2 Å². The van der Waals surface area contributed by atoms with Crippen molar-refractivity contribution in [3.63, 3.8) is 0 Å². The molecule has 1 heterocycles. The van der Waals surface area contributed by atoms with Crippen LogP contribution in [0, 0.1) is 17.0 Å². The third-order valence-corrected chi connectivity index (χ3v) is 4.73. The molecule has 0 aromatic heterocycles. The Morgan fingerprint density at radius 1 is 1.21 bits per heavy atom. The Labute approximate surface area is 148 Å². The predicted molar refractivity (Wildman–Crippen MR) is 99.9 cm³/mol. The van der Waals surface area contributed by atoms with Gasteiger partial charge in [0.1, 0.15) is 0 Å². The van der Waals surface area contributed by atoms with Crippen molar-refractivity contribution in [1.29, 1.82) is 0 Å². The number of non-ortho nitro benzene ring substituents is 1. The van der Waals surface area contributed by atoms with E-state index < -0.39 is 4.92 Å². The fraction of sp³-hybridized carbons (Fsp3) is 0.0588. The number of amides is 1. The van der Waals surface area contributed by atoms with Crippen molar-refractivity contribution in [3.8, 4) is 0 Å². The van der Waals surface area contributed by atoms with Crippen LogP contribution in [-0.4, -0.2) is 15.2 Å². The van der Waals surface area contributed by atoms with Crippen LogP contribution in [0.15, 0.2) is 53.4 Å². The maximum absolute atomic E-state index is 12.7. The molecule has 0 unspecified atom stereocenters. The number of thiocarbonyl (C=S) groups is 1. The van der Waals surface area contributed by atoms with Crippen LogP contribution >= 0.6 is 24.0 Å². The van der Waals surface area contributed by atoms with Gasteiger partial charge in [0.05, 0.1) is 15.5 Å². The van der Waals surface area contributed by atoms with Crippen molar-refractivity contribution >= 4 is 51.7 Å². The number of thioether (sulfide) groups is 1. The molecule has 7 heteroatoms. The average molecular weight is 356 g/mol. The van der Waals surface area contributed by atoms with Crippen molar-refractivity contribution < 1.29 is 9.72 Å². The molecule has 1 aliphatic rings. The molecule has 120 valence electrons. The van der Waals surface area contributed by atoms with E-state index in [1.54, 1.807) is 18.2 Å². The summed E-state index contributed by atoms with van der Waals surface area (Å²) in [5.74, 6) is -0.220. The fourth-order valence-electron chi connectivity index (χ4n) is 2.34. The van der Waals surface area contributed by atoms with E-state index in [0.29, 0.717) is 14.8 Å². The summed E-state index contributed by atoms with van der Waals surface area (Å²) >= 11 is 6.51. The summed E-state index contributed by atoms with van der Waals surface area (Å²) in [6.45, 7) is 1.94. The molecule has 2 aromatic carbocycles. The molecule has 0 atom stereocenters. The second-order valence-electron chi connectivity index (χ2n) is 5.21. The number of nitrogens with zero attached hydrogens (tertiary/aromatic N) is 2. The number of carbonyl (C=O) groups excluding carboxylic acids is 1. The molecule has 0 aliphatic carbocycles. The van der Waals surface area contributed by atoms with Crippen LogP contribution in [0.2, 0.25) is 0 Å². The van der Waals surface area contributed by atoms with E-state index in [9.17, 15) is 14.9 Å². The fourth-order valence-corrected chi connectivity index (χ4v) is 3.64. The molecule has 24 heavy (non-hydrogen) atoms. The Bertz CT molecular complexity index is 893. The summed E-state index contributed by atoms with van der Waals surface area (Å²) in [5.41, 5.74) is 2.33. The number of benzene rings is 2. The number of hydrogen-bond acceptors (Lipinski definition) is 5. The lowest BCUT2D eigenvalue weighted by Gasteiger charge is -2.14. The number of hydrogen-bond donors (Lipinski definition) is 0. The van der Waals surface area contributed by atoms with Gasteiger partial charge in [-0.05, 0) is 36.3 Å². The quantitative estimate of drug-likeness (QED) is 0.355. The first-order chi connectivity index (χ1) is 11.5. The summed E-state index contributed by atoms with van der Waals surface area (Å²) in [6.07, 6.45) is 1.63. The second kappa shape index (κ2) is 6.54. The Balaban J connectivity index is 1.94. The van der Waals surface area contributed by atoms with Gasteiger partial charge in [0.25, 0.3) is 11.6 Å². The number of nitro benzene ring substituents is 1. The van der Waals surface area contributed by atoms with Crippen LogP contribution < -0.4 is 4.90 Å². The standard InChI is InChI=1S/C17H12N2O3S2/c1-11-4-2-6-13(8-11)18-16(20)15(24-17(18)23)10-12-5-3-7-14(9-12)19(21)22/h2-10H,1H3/b15-10+. The molecule has 1 aliphatic heterocycles. The van der Waals surface area contributed by atoms with Crippen LogP contribution in [0.1, 0.15) is 11.1 Å². The lowest BCUT2D eigenvalue weighted by Crippen LogP contribution is -2.27. The molecule has 3 rings (SSSR count). The first-order valence-corrected chi connectivity index (χ1v) is 8.27. The van der Waals surface area contributed by atoms with Gasteiger partial charge in [-0.2, -0.15) is 0 Å². The second-order valence-corrected chi connectivity index (χ2v) is 6.88. The molecule has 2 aromatic rings. The molecule has 0 radical (unpaired) electrons. The first-order valence-electron chi connectivity index (χ1n) is 7.05. The van der Waals surface area contributed by atoms with Crippen LogP contribution in [0.5, 0.6) is 0 Å². The van der Waals surface area contributed by atoms with Crippen LogP contribution in [-0.2, 0) is 4.79 Å². The molecular formula is C17H12N2O3S2. The zero-order valence-corrected chi connectivity index (χ0v) is 14.3. The zero-order valence-electron chi connectivity index (χ0n) is 12.6. The third-order valence-electron chi connectivity index (χ3n) is 3.43. The molecule has 1 amide bonds. The minimum Gasteiger partial charge on any atom is -0.268 e. The van der Waals surface area contributed by atoms with Gasteiger partial charge in [-0.15, -0.1) is 0 Å². The van der Waals surface area contributed by atoms with Crippen molar-refractivity contribution in [1.82, 2.24) is 0 Å². The maximum Gasteiger partial charge on any atom is 0.270 e. The van der Waals surface area contributed by atoms with Crippen LogP contribution in [0.3, 0.4) is 0 Å². The third kappa shape index (κ3) is 3.22. The monoisotopic (exact) mass is 356 g/mol. The van der Waals surface area contributed by atoms with Crippen molar-refractivity contribution in [2.75, 3.05) is 4.90 Å². The van der Waals surface area contributed by atoms with E-state index in [2.05, 4.69) is 0 Å². The highest BCUT2D eigenvalue weighted by Crippen LogP contribution is 2.36. The Kier molecular flexibility index (Phi) is 4.46. The maximum atomic E-state index is 12.7. The van der Waals surface area contributed by atoms with Crippen molar-refractivity contribution in [2.45, 2.75) is 6.92 Å². The van der Waals surface area contributed by atoms with Crippen molar-refractivity contribution in [2.24, 2.45) is 0 Å². The average Bonchev–Trinajstić information content (AvgIpc) is 2.81. The smallest absolute Gasteiger partial charge is 0.268 e. The molecule has 0 bridgehead atoms. The summed E-state index contributed by atoms with van der Waals surface area (Å²) in [5, 5.41) is 10.9. The van der Waals surface area contributed by atoms with Gasteiger partial charge in [-0.25, -0.2) is 0 Å². The number of nitro groups is 1. The molecule has 0 N–H and O–H groups in total. The molecule has 1 fully saturated rings. The lowest BCUT2D eigenvalue weighted by atomic mass is 10.2.